The molecule has 0 unspecified atom stereocenters. The highest BCUT2D eigenvalue weighted by Crippen LogP contribution is 2.45. The van der Waals surface area contributed by atoms with E-state index in [1.165, 1.54) is 40.4 Å². The first kappa shape index (κ1) is 23.9. The Balaban J connectivity index is 2.23. The lowest BCUT2D eigenvalue weighted by atomic mass is 9.94. The predicted molar refractivity (Wildman–Crippen MR) is 120 cm³/mol. The van der Waals surface area contributed by atoms with Gasteiger partial charge >= 0.3 is 0 Å². The van der Waals surface area contributed by atoms with Gasteiger partial charge in [0.15, 0.2) is 11.5 Å². The van der Waals surface area contributed by atoms with Crippen LogP contribution < -0.4 is 18.9 Å². The van der Waals surface area contributed by atoms with Gasteiger partial charge in [-0.3, -0.25) is 9.59 Å². The van der Waals surface area contributed by atoms with E-state index in [4.69, 9.17) is 23.7 Å². The van der Waals surface area contributed by atoms with Crippen LogP contribution in [0.5, 0.6) is 23.0 Å². The smallest absolute Gasteiger partial charge is 0.295 e. The molecule has 1 saturated heterocycles. The van der Waals surface area contributed by atoms with Crippen LogP contribution in [0.3, 0.4) is 0 Å². The zero-order valence-corrected chi connectivity index (χ0v) is 19.2. The minimum Gasteiger partial charge on any atom is -0.507 e. The summed E-state index contributed by atoms with van der Waals surface area (Å²) in [5.74, 6) is -0.156. The molecule has 1 N–H and O–H groups in total. The fourth-order valence-corrected chi connectivity index (χ4v) is 3.81. The van der Waals surface area contributed by atoms with E-state index in [1.54, 1.807) is 36.4 Å². The number of ketones is 1. The second-order valence-corrected chi connectivity index (χ2v) is 7.17. The molecule has 0 saturated carbocycles. The highest BCUT2D eigenvalue weighted by molar-refractivity contribution is 6.46. The Morgan fingerprint density at radius 3 is 2.00 bits per heavy atom. The molecule has 1 heterocycles. The zero-order valence-electron chi connectivity index (χ0n) is 19.2. The summed E-state index contributed by atoms with van der Waals surface area (Å²) >= 11 is 0. The summed E-state index contributed by atoms with van der Waals surface area (Å²) in [6, 6.07) is 8.95. The first-order chi connectivity index (χ1) is 15.9. The molecule has 2 aromatic carbocycles. The summed E-state index contributed by atoms with van der Waals surface area (Å²) in [4.78, 5) is 27.4. The number of hydrogen-bond donors (Lipinski definition) is 1. The Hall–Kier alpha value is -3.72. The molecule has 0 bridgehead atoms. The molecular weight excluding hydrogens is 430 g/mol. The number of methoxy groups -OCH3 is 5. The summed E-state index contributed by atoms with van der Waals surface area (Å²) in [7, 11) is 7.46. The molecular formula is C24H27NO8. The Bertz CT molecular complexity index is 1040. The van der Waals surface area contributed by atoms with Gasteiger partial charge in [-0.15, -0.1) is 0 Å². The third-order valence-corrected chi connectivity index (χ3v) is 5.44. The molecule has 176 valence electrons. The van der Waals surface area contributed by atoms with Crippen LogP contribution in [0.1, 0.15) is 17.2 Å². The molecule has 0 radical (unpaired) electrons. The van der Waals surface area contributed by atoms with Crippen molar-refractivity contribution in [2.45, 2.75) is 6.04 Å². The first-order valence-corrected chi connectivity index (χ1v) is 10.1. The molecule has 1 fully saturated rings. The fraction of sp³-hybridized carbons (Fsp3) is 0.333. The maximum Gasteiger partial charge on any atom is 0.295 e. The summed E-state index contributed by atoms with van der Waals surface area (Å²) in [5, 5.41) is 11.1. The molecule has 0 aromatic heterocycles. The maximum absolute atomic E-state index is 13.1. The van der Waals surface area contributed by atoms with Gasteiger partial charge in [0.05, 0.1) is 46.7 Å². The Morgan fingerprint density at radius 1 is 0.909 bits per heavy atom. The van der Waals surface area contributed by atoms with Crippen molar-refractivity contribution in [2.24, 2.45) is 0 Å². The molecule has 9 heteroatoms. The highest BCUT2D eigenvalue weighted by Gasteiger charge is 2.46. The fourth-order valence-electron chi connectivity index (χ4n) is 3.81. The molecule has 2 aromatic rings. The van der Waals surface area contributed by atoms with Crippen LogP contribution in [0.15, 0.2) is 42.0 Å². The summed E-state index contributed by atoms with van der Waals surface area (Å²) < 4.78 is 26.6. The van der Waals surface area contributed by atoms with Crippen molar-refractivity contribution in [3.8, 4) is 23.0 Å². The van der Waals surface area contributed by atoms with Gasteiger partial charge in [-0.1, -0.05) is 0 Å². The van der Waals surface area contributed by atoms with Crippen molar-refractivity contribution in [1.82, 2.24) is 4.90 Å². The van der Waals surface area contributed by atoms with Gasteiger partial charge in [0, 0.05) is 19.2 Å². The molecule has 9 nitrogen and oxygen atoms in total. The molecule has 3 rings (SSSR count). The van der Waals surface area contributed by atoms with Crippen LogP contribution in [0.2, 0.25) is 0 Å². The maximum atomic E-state index is 13.1. The third-order valence-electron chi connectivity index (χ3n) is 5.44. The molecule has 0 aliphatic carbocycles. The van der Waals surface area contributed by atoms with E-state index in [-0.39, 0.29) is 24.5 Å². The molecule has 1 aliphatic rings. The largest absolute Gasteiger partial charge is 0.507 e. The van der Waals surface area contributed by atoms with Crippen LogP contribution in [-0.4, -0.2) is 70.4 Å². The summed E-state index contributed by atoms with van der Waals surface area (Å²) in [5.41, 5.74) is 0.836. The number of aliphatic hydroxyl groups excluding tert-OH is 1. The summed E-state index contributed by atoms with van der Waals surface area (Å²) in [6.07, 6.45) is 0. The SMILES string of the molecule is COCCN1C(=O)C(=O)/C(=C(/O)c2ccc(OC)cc2)[C@H]1c1cc(OC)c(OC)c(OC)c1. The van der Waals surface area contributed by atoms with Crippen molar-refractivity contribution in [3.63, 3.8) is 0 Å². The van der Waals surface area contributed by atoms with Crippen molar-refractivity contribution >= 4 is 17.4 Å². The second-order valence-electron chi connectivity index (χ2n) is 7.17. The van der Waals surface area contributed by atoms with E-state index >= 15 is 0 Å². The van der Waals surface area contributed by atoms with Gasteiger partial charge in [-0.25, -0.2) is 0 Å². The molecule has 33 heavy (non-hydrogen) atoms. The van der Waals surface area contributed by atoms with E-state index in [2.05, 4.69) is 0 Å². The van der Waals surface area contributed by atoms with Crippen LogP contribution in [0, 0.1) is 0 Å². The van der Waals surface area contributed by atoms with Gasteiger partial charge in [0.2, 0.25) is 5.75 Å². The average Bonchev–Trinajstić information content (AvgIpc) is 3.10. The van der Waals surface area contributed by atoms with Crippen LogP contribution in [0.25, 0.3) is 5.76 Å². The number of aliphatic hydroxyl groups is 1. The van der Waals surface area contributed by atoms with Gasteiger partial charge in [0.25, 0.3) is 11.7 Å². The Kier molecular flexibility index (Phi) is 7.44. The van der Waals surface area contributed by atoms with E-state index in [0.717, 1.165) is 0 Å². The molecule has 0 spiro atoms. The number of carbonyl (C=O) groups is 2. The van der Waals surface area contributed by atoms with Crippen molar-refractivity contribution in [2.75, 3.05) is 48.7 Å². The van der Waals surface area contributed by atoms with E-state index in [1.807, 2.05) is 0 Å². The van der Waals surface area contributed by atoms with Crippen molar-refractivity contribution in [3.05, 3.63) is 53.1 Å². The van der Waals surface area contributed by atoms with Gasteiger partial charge in [0.1, 0.15) is 11.5 Å². The van der Waals surface area contributed by atoms with E-state index in [0.29, 0.717) is 34.1 Å². The van der Waals surface area contributed by atoms with Crippen LogP contribution in [0.4, 0.5) is 0 Å². The van der Waals surface area contributed by atoms with Crippen LogP contribution >= 0.6 is 0 Å². The van der Waals surface area contributed by atoms with Gasteiger partial charge in [-0.2, -0.15) is 0 Å². The number of amides is 1. The van der Waals surface area contributed by atoms with Gasteiger partial charge < -0.3 is 33.7 Å². The topological polar surface area (TPSA) is 104 Å². The molecule has 1 atom stereocenters. The minimum absolute atomic E-state index is 0.0458. The second kappa shape index (κ2) is 10.3. The average molecular weight is 457 g/mol. The lowest BCUT2D eigenvalue weighted by molar-refractivity contribution is -0.140. The predicted octanol–water partition coefficient (Wildman–Crippen LogP) is 2.79. The van der Waals surface area contributed by atoms with Gasteiger partial charge in [-0.05, 0) is 42.0 Å². The van der Waals surface area contributed by atoms with Crippen LogP contribution in [-0.2, 0) is 14.3 Å². The quantitative estimate of drug-likeness (QED) is 0.348. The number of Topliss-reactive ketones (excluding diaryl/α,β-unsaturated/α-hetero) is 1. The number of rotatable bonds is 9. The Labute approximate surface area is 192 Å². The number of ether oxygens (including phenoxy) is 5. The first-order valence-electron chi connectivity index (χ1n) is 10.1. The standard InChI is InChI=1S/C24H27NO8/c1-29-11-10-25-20(15-12-17(31-3)23(33-5)18(13-15)32-4)19(22(27)24(25)28)21(26)14-6-8-16(30-2)9-7-14/h6-9,12-13,20,26H,10-11H2,1-5H3/b21-19+/t20-/m1/s1. The number of hydrogen-bond acceptors (Lipinski definition) is 8. The molecule has 1 amide bonds. The van der Waals surface area contributed by atoms with E-state index < -0.39 is 17.7 Å². The molecule has 1 aliphatic heterocycles. The minimum atomic E-state index is -0.893. The van der Waals surface area contributed by atoms with Crippen molar-refractivity contribution in [1.29, 1.82) is 0 Å². The number of likely N-dealkylation sites (tertiary alicyclic amines) is 1. The summed E-state index contributed by atoms with van der Waals surface area (Å²) in [6.45, 7) is 0.346. The third kappa shape index (κ3) is 4.45. The lowest BCUT2D eigenvalue weighted by Gasteiger charge is -2.26. The number of benzene rings is 2. The Morgan fingerprint density at radius 2 is 1.52 bits per heavy atom. The van der Waals surface area contributed by atoms with E-state index in [9.17, 15) is 14.7 Å². The number of nitrogens with zero attached hydrogens (tertiary/aromatic N) is 1. The number of carbonyl (C=O) groups excluding carboxylic acids is 2. The zero-order chi connectivity index (χ0) is 24.1. The normalized spacial score (nSPS) is 17.2. The lowest BCUT2D eigenvalue weighted by Crippen LogP contribution is -2.32. The monoisotopic (exact) mass is 457 g/mol. The highest BCUT2D eigenvalue weighted by atomic mass is 16.5. The van der Waals surface area contributed by atoms with Crippen molar-refractivity contribution < 1.29 is 38.4 Å².